The summed E-state index contributed by atoms with van der Waals surface area (Å²) < 4.78 is 5.60. The molecular weight excluding hydrogens is 221 g/mol. The number of halogens is 2. The number of ether oxygens (including phenoxy) is 1. The Morgan fingerprint density at radius 3 is 2.93 bits per heavy atom. The summed E-state index contributed by atoms with van der Waals surface area (Å²) in [7, 11) is 0. The lowest BCUT2D eigenvalue weighted by Crippen LogP contribution is -2.33. The second-order valence-corrected chi connectivity index (χ2v) is 3.55. The van der Waals surface area contributed by atoms with Gasteiger partial charge in [-0.2, -0.15) is 0 Å². The molecule has 1 aromatic carbocycles. The quantitative estimate of drug-likeness (QED) is 0.805. The zero-order valence-corrected chi connectivity index (χ0v) is 9.27. The molecule has 1 aliphatic rings. The predicted molar refractivity (Wildman–Crippen MR) is 60.3 cm³/mol. The van der Waals surface area contributed by atoms with Crippen molar-refractivity contribution in [1.82, 2.24) is 5.32 Å². The van der Waals surface area contributed by atoms with Crippen LogP contribution in [-0.2, 0) is 4.74 Å². The minimum absolute atomic E-state index is 0. The molecule has 0 amide bonds. The fourth-order valence-corrected chi connectivity index (χ4v) is 1.69. The highest BCUT2D eigenvalue weighted by atomic mass is 35.5. The molecule has 1 unspecified atom stereocenters. The van der Waals surface area contributed by atoms with E-state index in [4.69, 9.17) is 16.3 Å². The van der Waals surface area contributed by atoms with Crippen LogP contribution >= 0.6 is 24.0 Å². The van der Waals surface area contributed by atoms with Gasteiger partial charge in [-0.15, -0.1) is 12.4 Å². The van der Waals surface area contributed by atoms with Crippen molar-refractivity contribution in [2.24, 2.45) is 0 Å². The van der Waals surface area contributed by atoms with E-state index in [9.17, 15) is 0 Å². The van der Waals surface area contributed by atoms with Gasteiger partial charge in [0, 0.05) is 18.1 Å². The predicted octanol–water partition coefficient (Wildman–Crippen LogP) is 2.42. The van der Waals surface area contributed by atoms with Gasteiger partial charge in [-0.25, -0.2) is 0 Å². The van der Waals surface area contributed by atoms with Crippen molar-refractivity contribution in [3.63, 3.8) is 0 Å². The second kappa shape index (κ2) is 5.56. The molecule has 0 radical (unpaired) electrons. The van der Waals surface area contributed by atoms with Crippen LogP contribution in [0.2, 0.25) is 5.02 Å². The molecule has 1 heterocycles. The highest BCUT2D eigenvalue weighted by Gasteiger charge is 2.15. The van der Waals surface area contributed by atoms with Crippen LogP contribution in [0.4, 0.5) is 0 Å². The maximum atomic E-state index is 5.89. The van der Waals surface area contributed by atoms with E-state index in [1.807, 2.05) is 24.3 Å². The SMILES string of the molecule is Cl.Clc1cccc(C2CNCCO2)c1. The maximum Gasteiger partial charge on any atom is 0.0950 e. The molecule has 0 spiro atoms. The van der Waals surface area contributed by atoms with Crippen molar-refractivity contribution in [3.05, 3.63) is 34.9 Å². The highest BCUT2D eigenvalue weighted by molar-refractivity contribution is 6.30. The summed E-state index contributed by atoms with van der Waals surface area (Å²) in [5, 5.41) is 4.05. The van der Waals surface area contributed by atoms with E-state index in [1.54, 1.807) is 0 Å². The molecule has 1 aliphatic heterocycles. The van der Waals surface area contributed by atoms with E-state index in [1.165, 1.54) is 0 Å². The van der Waals surface area contributed by atoms with Crippen molar-refractivity contribution >= 4 is 24.0 Å². The molecule has 1 aromatic rings. The van der Waals surface area contributed by atoms with E-state index < -0.39 is 0 Å². The molecule has 0 bridgehead atoms. The average molecular weight is 234 g/mol. The molecule has 2 nitrogen and oxygen atoms in total. The van der Waals surface area contributed by atoms with Crippen LogP contribution in [-0.4, -0.2) is 19.7 Å². The van der Waals surface area contributed by atoms with Crippen LogP contribution in [0.15, 0.2) is 24.3 Å². The van der Waals surface area contributed by atoms with Crippen molar-refractivity contribution in [3.8, 4) is 0 Å². The molecule has 14 heavy (non-hydrogen) atoms. The van der Waals surface area contributed by atoms with E-state index in [-0.39, 0.29) is 18.5 Å². The van der Waals surface area contributed by atoms with E-state index in [0.717, 1.165) is 30.3 Å². The summed E-state index contributed by atoms with van der Waals surface area (Å²) in [5.74, 6) is 0. The van der Waals surface area contributed by atoms with Crippen LogP contribution < -0.4 is 5.32 Å². The zero-order chi connectivity index (χ0) is 9.10. The van der Waals surface area contributed by atoms with Gasteiger partial charge in [0.1, 0.15) is 0 Å². The van der Waals surface area contributed by atoms with Crippen molar-refractivity contribution in [2.75, 3.05) is 19.7 Å². The Labute approximate surface area is 95.0 Å². The average Bonchev–Trinajstić information content (AvgIpc) is 2.19. The summed E-state index contributed by atoms with van der Waals surface area (Å²) >= 11 is 5.89. The minimum atomic E-state index is 0. The van der Waals surface area contributed by atoms with Gasteiger partial charge in [0.15, 0.2) is 0 Å². The molecule has 0 aliphatic carbocycles. The Morgan fingerprint density at radius 2 is 2.29 bits per heavy atom. The van der Waals surface area contributed by atoms with Gasteiger partial charge in [0.05, 0.1) is 12.7 Å². The lowest BCUT2D eigenvalue weighted by molar-refractivity contribution is 0.0277. The summed E-state index contributed by atoms with van der Waals surface area (Å²) in [6, 6.07) is 7.83. The zero-order valence-electron chi connectivity index (χ0n) is 7.70. The highest BCUT2D eigenvalue weighted by Crippen LogP contribution is 2.21. The number of nitrogens with one attached hydrogen (secondary N) is 1. The molecule has 2 rings (SSSR count). The first-order chi connectivity index (χ1) is 6.36. The van der Waals surface area contributed by atoms with Gasteiger partial charge in [-0.1, -0.05) is 23.7 Å². The number of hydrogen-bond acceptors (Lipinski definition) is 2. The summed E-state index contributed by atoms with van der Waals surface area (Å²) in [6.45, 7) is 2.59. The second-order valence-electron chi connectivity index (χ2n) is 3.12. The molecule has 78 valence electrons. The molecule has 4 heteroatoms. The Balaban J connectivity index is 0.000000980. The third-order valence-electron chi connectivity index (χ3n) is 2.15. The molecule has 1 fully saturated rings. The standard InChI is InChI=1S/C10H12ClNO.ClH/c11-9-3-1-2-8(6-9)10-7-12-4-5-13-10;/h1-3,6,10,12H,4-5,7H2;1H. The Hall–Kier alpha value is -0.280. The number of benzene rings is 1. The first-order valence-electron chi connectivity index (χ1n) is 4.44. The number of morpholine rings is 1. The van der Waals surface area contributed by atoms with Crippen LogP contribution in [0, 0.1) is 0 Å². The molecule has 1 N–H and O–H groups in total. The van der Waals surface area contributed by atoms with Crippen LogP contribution in [0.1, 0.15) is 11.7 Å². The normalized spacial score (nSPS) is 21.4. The fraction of sp³-hybridized carbons (Fsp3) is 0.400. The lowest BCUT2D eigenvalue weighted by Gasteiger charge is -2.23. The largest absolute Gasteiger partial charge is 0.371 e. The van der Waals surface area contributed by atoms with Crippen molar-refractivity contribution in [1.29, 1.82) is 0 Å². The first-order valence-corrected chi connectivity index (χ1v) is 4.82. The van der Waals surface area contributed by atoms with Crippen molar-refractivity contribution < 1.29 is 4.74 Å². The molecule has 1 atom stereocenters. The van der Waals surface area contributed by atoms with Gasteiger partial charge in [0.25, 0.3) is 0 Å². The summed E-state index contributed by atoms with van der Waals surface area (Å²) in [4.78, 5) is 0. The molecule has 0 aromatic heterocycles. The topological polar surface area (TPSA) is 21.3 Å². The third-order valence-corrected chi connectivity index (χ3v) is 2.38. The Kier molecular flexibility index (Phi) is 4.69. The number of rotatable bonds is 1. The maximum absolute atomic E-state index is 5.89. The first kappa shape index (κ1) is 11.8. The monoisotopic (exact) mass is 233 g/mol. The van der Waals surface area contributed by atoms with Crippen LogP contribution in [0.3, 0.4) is 0 Å². The smallest absolute Gasteiger partial charge is 0.0950 e. The fourth-order valence-electron chi connectivity index (χ4n) is 1.49. The summed E-state index contributed by atoms with van der Waals surface area (Å²) in [5.41, 5.74) is 1.15. The van der Waals surface area contributed by atoms with E-state index >= 15 is 0 Å². The summed E-state index contributed by atoms with van der Waals surface area (Å²) in [6.07, 6.45) is 0.160. The van der Waals surface area contributed by atoms with Crippen LogP contribution in [0.25, 0.3) is 0 Å². The molecule has 1 saturated heterocycles. The number of hydrogen-bond donors (Lipinski definition) is 1. The molecular formula is C10H13Cl2NO. The van der Waals surface area contributed by atoms with Gasteiger partial charge < -0.3 is 10.1 Å². The Bertz CT molecular complexity index is 287. The van der Waals surface area contributed by atoms with Gasteiger partial charge in [-0.05, 0) is 17.7 Å². The van der Waals surface area contributed by atoms with Crippen molar-refractivity contribution in [2.45, 2.75) is 6.10 Å². The van der Waals surface area contributed by atoms with Crippen LogP contribution in [0.5, 0.6) is 0 Å². The van der Waals surface area contributed by atoms with Gasteiger partial charge in [0.2, 0.25) is 0 Å². The van der Waals surface area contributed by atoms with E-state index in [2.05, 4.69) is 5.32 Å². The lowest BCUT2D eigenvalue weighted by atomic mass is 10.1. The van der Waals surface area contributed by atoms with Gasteiger partial charge >= 0.3 is 0 Å². The van der Waals surface area contributed by atoms with Gasteiger partial charge in [-0.3, -0.25) is 0 Å². The molecule has 0 saturated carbocycles. The van der Waals surface area contributed by atoms with E-state index in [0.29, 0.717) is 0 Å². The third kappa shape index (κ3) is 2.85. The Morgan fingerprint density at radius 1 is 1.43 bits per heavy atom. The minimum Gasteiger partial charge on any atom is -0.371 e.